The van der Waals surface area contributed by atoms with Crippen molar-refractivity contribution in [1.82, 2.24) is 5.32 Å². The van der Waals surface area contributed by atoms with E-state index in [9.17, 15) is 14.9 Å². The minimum absolute atomic E-state index is 0.0456. The van der Waals surface area contributed by atoms with Gasteiger partial charge in [-0.25, -0.2) is 0 Å². The monoisotopic (exact) mass is 546 g/mol. The van der Waals surface area contributed by atoms with Crippen LogP contribution < -0.4 is 5.32 Å². The second kappa shape index (κ2) is 12.5. The van der Waals surface area contributed by atoms with Gasteiger partial charge in [-0.3, -0.25) is 14.9 Å². The van der Waals surface area contributed by atoms with Crippen LogP contribution in [-0.2, 0) is 15.3 Å². The first-order chi connectivity index (χ1) is 20.0. The number of fused-ring (bicyclic) bond motifs is 2. The van der Waals surface area contributed by atoms with Gasteiger partial charge in [0.05, 0.1) is 17.2 Å². The van der Waals surface area contributed by atoms with Crippen molar-refractivity contribution in [2.24, 2.45) is 10.2 Å². The van der Waals surface area contributed by atoms with E-state index >= 15 is 0 Å². The fourth-order valence-electron chi connectivity index (χ4n) is 5.00. The van der Waals surface area contributed by atoms with Gasteiger partial charge in [0.1, 0.15) is 0 Å². The molecule has 0 radical (unpaired) electrons. The van der Waals surface area contributed by atoms with E-state index in [2.05, 4.69) is 18.0 Å². The standard InChI is InChI=1S/C33H30N4O4/c1-2-32(38)34-22-7-8-23-41-33(36-35-31-15-9-11-24-10-3-4-12-28(24)31)21-20-27(29-13-5-6-14-30(29)33)25-16-18-26(19-17-25)37(39)40/h2-6,9-20H,1,7-8,21-23H2,(H,34,38). The minimum Gasteiger partial charge on any atom is -0.353 e. The topological polar surface area (TPSA) is 106 Å². The first-order valence-corrected chi connectivity index (χ1v) is 13.5. The Hall–Kier alpha value is -4.95. The number of rotatable bonds is 11. The molecule has 5 rings (SSSR count). The molecule has 1 aliphatic carbocycles. The molecular formula is C33H30N4O4. The second-order valence-electron chi connectivity index (χ2n) is 9.70. The molecule has 41 heavy (non-hydrogen) atoms. The zero-order valence-corrected chi connectivity index (χ0v) is 22.5. The lowest BCUT2D eigenvalue weighted by molar-refractivity contribution is -0.384. The van der Waals surface area contributed by atoms with Gasteiger partial charge in [0.15, 0.2) is 0 Å². The number of hydrogen-bond acceptors (Lipinski definition) is 6. The van der Waals surface area contributed by atoms with Crippen molar-refractivity contribution in [2.75, 3.05) is 13.2 Å². The largest absolute Gasteiger partial charge is 0.353 e. The first-order valence-electron chi connectivity index (χ1n) is 13.5. The third kappa shape index (κ3) is 6.13. The summed E-state index contributed by atoms with van der Waals surface area (Å²) in [6, 6.07) is 28.5. The van der Waals surface area contributed by atoms with Gasteiger partial charge in [0, 0.05) is 36.0 Å². The van der Waals surface area contributed by atoms with Crippen LogP contribution in [0.2, 0.25) is 0 Å². The van der Waals surface area contributed by atoms with Crippen LogP contribution in [0.1, 0.15) is 36.0 Å². The Labute approximate surface area is 238 Å². The maximum atomic E-state index is 11.5. The molecule has 1 aliphatic rings. The number of hydrogen-bond donors (Lipinski definition) is 1. The lowest BCUT2D eigenvalue weighted by Gasteiger charge is -2.34. The predicted molar refractivity (Wildman–Crippen MR) is 160 cm³/mol. The normalized spacial score (nSPS) is 16.2. The average Bonchev–Trinajstić information content (AvgIpc) is 3.01. The molecular weight excluding hydrogens is 516 g/mol. The fourth-order valence-corrected chi connectivity index (χ4v) is 5.00. The smallest absolute Gasteiger partial charge is 0.269 e. The van der Waals surface area contributed by atoms with Crippen LogP contribution in [0.3, 0.4) is 0 Å². The van der Waals surface area contributed by atoms with Gasteiger partial charge in [0.25, 0.3) is 5.69 Å². The van der Waals surface area contributed by atoms with Crippen molar-refractivity contribution >= 4 is 33.6 Å². The molecule has 0 aromatic heterocycles. The molecule has 4 aromatic carbocycles. The van der Waals surface area contributed by atoms with Crippen molar-refractivity contribution in [1.29, 1.82) is 0 Å². The molecule has 206 valence electrons. The quantitative estimate of drug-likeness (QED) is 0.0686. The number of unbranched alkanes of at least 4 members (excludes halogenated alkanes) is 1. The molecule has 1 amide bonds. The highest BCUT2D eigenvalue weighted by molar-refractivity contribution is 5.92. The summed E-state index contributed by atoms with van der Waals surface area (Å²) in [7, 11) is 0. The van der Waals surface area contributed by atoms with E-state index in [0.29, 0.717) is 26.0 Å². The Kier molecular flexibility index (Phi) is 8.41. The molecule has 8 heteroatoms. The number of azo groups is 1. The zero-order valence-electron chi connectivity index (χ0n) is 22.5. The van der Waals surface area contributed by atoms with E-state index < -0.39 is 10.6 Å². The van der Waals surface area contributed by atoms with E-state index in [1.165, 1.54) is 18.2 Å². The van der Waals surface area contributed by atoms with E-state index in [4.69, 9.17) is 15.0 Å². The number of nitro groups is 1. The van der Waals surface area contributed by atoms with Crippen molar-refractivity contribution in [3.63, 3.8) is 0 Å². The molecule has 1 unspecified atom stereocenters. The SMILES string of the molecule is C=CC(=O)NCCCCOC1(N=Nc2cccc3ccccc23)CC=C(c2ccc([N+](=O)[O-])cc2)c2ccccc21. The van der Waals surface area contributed by atoms with Crippen molar-refractivity contribution in [2.45, 2.75) is 25.0 Å². The Bertz CT molecular complexity index is 1640. The highest BCUT2D eigenvalue weighted by Gasteiger charge is 2.38. The Morgan fingerprint density at radius 2 is 1.76 bits per heavy atom. The molecule has 1 atom stereocenters. The number of carbonyl (C=O) groups is 1. The molecule has 4 aromatic rings. The summed E-state index contributed by atoms with van der Waals surface area (Å²) in [6.07, 6.45) is 5.20. The molecule has 0 saturated carbocycles. The average molecular weight is 547 g/mol. The Balaban J connectivity index is 1.48. The lowest BCUT2D eigenvalue weighted by Crippen LogP contribution is -2.31. The molecule has 0 aliphatic heterocycles. The van der Waals surface area contributed by atoms with Crippen molar-refractivity contribution < 1.29 is 14.5 Å². The summed E-state index contributed by atoms with van der Waals surface area (Å²) < 4.78 is 6.57. The molecule has 0 heterocycles. The van der Waals surface area contributed by atoms with E-state index in [-0.39, 0.29) is 11.6 Å². The van der Waals surface area contributed by atoms with Gasteiger partial charge in [-0.2, -0.15) is 5.11 Å². The third-order valence-corrected chi connectivity index (χ3v) is 7.09. The number of ether oxygens (including phenoxy) is 1. The highest BCUT2D eigenvalue weighted by atomic mass is 16.6. The van der Waals surface area contributed by atoms with E-state index in [0.717, 1.165) is 45.1 Å². The molecule has 1 N–H and O–H groups in total. The maximum absolute atomic E-state index is 11.5. The van der Waals surface area contributed by atoms with Gasteiger partial charge in [-0.1, -0.05) is 73.3 Å². The molecule has 0 saturated heterocycles. The maximum Gasteiger partial charge on any atom is 0.269 e. The summed E-state index contributed by atoms with van der Waals surface area (Å²) in [5, 5.41) is 25.7. The van der Waals surface area contributed by atoms with Crippen LogP contribution in [0.4, 0.5) is 11.4 Å². The zero-order chi connectivity index (χ0) is 28.7. The Morgan fingerprint density at radius 3 is 2.56 bits per heavy atom. The summed E-state index contributed by atoms with van der Waals surface area (Å²) in [5.41, 5.74) is 3.37. The number of carbonyl (C=O) groups excluding carboxylic acids is 1. The van der Waals surface area contributed by atoms with Gasteiger partial charge in [-0.05, 0) is 59.2 Å². The summed E-state index contributed by atoms with van der Waals surface area (Å²) in [6.45, 7) is 4.41. The fraction of sp³-hybridized carbons (Fsp3) is 0.182. The summed E-state index contributed by atoms with van der Waals surface area (Å²) >= 11 is 0. The molecule has 0 spiro atoms. The number of non-ortho nitro benzene ring substituents is 1. The van der Waals surface area contributed by atoms with Gasteiger partial charge >= 0.3 is 0 Å². The summed E-state index contributed by atoms with van der Waals surface area (Å²) in [4.78, 5) is 22.2. The Morgan fingerprint density at radius 1 is 1.00 bits per heavy atom. The number of benzene rings is 4. The number of amides is 1. The molecule has 0 fully saturated rings. The minimum atomic E-state index is -1.07. The highest BCUT2D eigenvalue weighted by Crippen LogP contribution is 2.44. The van der Waals surface area contributed by atoms with Crippen LogP contribution in [0, 0.1) is 10.1 Å². The van der Waals surface area contributed by atoms with Crippen LogP contribution in [-0.4, -0.2) is 24.0 Å². The second-order valence-corrected chi connectivity index (χ2v) is 9.70. The number of nitrogens with one attached hydrogen (secondary N) is 1. The van der Waals surface area contributed by atoms with Gasteiger partial charge < -0.3 is 10.1 Å². The first kappa shape index (κ1) is 27.6. The van der Waals surface area contributed by atoms with Gasteiger partial charge in [-0.15, -0.1) is 5.11 Å². The predicted octanol–water partition coefficient (Wildman–Crippen LogP) is 7.62. The molecule has 8 nitrogen and oxygen atoms in total. The van der Waals surface area contributed by atoms with Crippen molar-refractivity contribution in [3.05, 3.63) is 137 Å². The van der Waals surface area contributed by atoms with Crippen LogP contribution >= 0.6 is 0 Å². The van der Waals surface area contributed by atoms with Crippen LogP contribution in [0.5, 0.6) is 0 Å². The molecule has 0 bridgehead atoms. The van der Waals surface area contributed by atoms with E-state index in [1.54, 1.807) is 12.1 Å². The van der Waals surface area contributed by atoms with Crippen molar-refractivity contribution in [3.8, 4) is 0 Å². The third-order valence-electron chi connectivity index (χ3n) is 7.09. The lowest BCUT2D eigenvalue weighted by atomic mass is 9.82. The van der Waals surface area contributed by atoms with E-state index in [1.807, 2.05) is 66.7 Å². The van der Waals surface area contributed by atoms with Crippen LogP contribution in [0.25, 0.3) is 16.3 Å². The number of nitrogens with zero attached hydrogens (tertiary/aromatic N) is 3. The summed E-state index contributed by atoms with van der Waals surface area (Å²) in [5.74, 6) is -0.198. The number of nitro benzene ring substituents is 1. The van der Waals surface area contributed by atoms with Gasteiger partial charge in [0.2, 0.25) is 11.6 Å². The van der Waals surface area contributed by atoms with Crippen LogP contribution in [0.15, 0.2) is 120 Å².